The van der Waals surface area contributed by atoms with Gasteiger partial charge in [0.15, 0.2) is 0 Å². The highest BCUT2D eigenvalue weighted by Crippen LogP contribution is 2.32. The molecule has 1 atom stereocenters. The van der Waals surface area contributed by atoms with Crippen LogP contribution in [0.1, 0.15) is 31.4 Å². The molecule has 3 aromatic heterocycles. The van der Waals surface area contributed by atoms with Gasteiger partial charge in [-0.05, 0) is 44.0 Å². The first kappa shape index (κ1) is 22.7. The largest absolute Gasteiger partial charge is 0.404 e. The Morgan fingerprint density at radius 3 is 2.52 bits per heavy atom. The maximum absolute atomic E-state index is 12.7. The molecular formula is C20H20F3N5O2S. The fraction of sp³-hybridized carbons (Fsp3) is 0.350. The maximum Gasteiger partial charge on any atom is 0.404 e. The van der Waals surface area contributed by atoms with Gasteiger partial charge in [0.05, 0.1) is 17.0 Å². The first-order valence-electron chi connectivity index (χ1n) is 9.44. The lowest BCUT2D eigenvalue weighted by atomic mass is 10.1. The van der Waals surface area contributed by atoms with Crippen molar-refractivity contribution in [1.82, 2.24) is 19.3 Å². The zero-order chi connectivity index (χ0) is 23.0. The van der Waals surface area contributed by atoms with E-state index in [1.54, 1.807) is 10.9 Å². The summed E-state index contributed by atoms with van der Waals surface area (Å²) in [7, 11) is -4.42. The molecule has 0 saturated heterocycles. The predicted molar refractivity (Wildman–Crippen MR) is 109 cm³/mol. The Kier molecular flexibility index (Phi) is 6.07. The fourth-order valence-electron chi connectivity index (χ4n) is 3.20. The number of nitriles is 1. The van der Waals surface area contributed by atoms with Gasteiger partial charge < -0.3 is 4.57 Å². The zero-order valence-electron chi connectivity index (χ0n) is 17.0. The molecule has 0 aliphatic rings. The smallest absolute Gasteiger partial charge is 0.323 e. The van der Waals surface area contributed by atoms with Gasteiger partial charge in [-0.15, -0.1) is 0 Å². The molecular weight excluding hydrogens is 431 g/mol. The molecule has 11 heteroatoms. The molecule has 0 aromatic carbocycles. The molecule has 0 aliphatic carbocycles. The molecule has 164 valence electrons. The zero-order valence-corrected chi connectivity index (χ0v) is 17.8. The van der Waals surface area contributed by atoms with Crippen molar-refractivity contribution in [2.24, 2.45) is 0 Å². The Morgan fingerprint density at radius 1 is 1.26 bits per heavy atom. The van der Waals surface area contributed by atoms with Crippen molar-refractivity contribution in [2.75, 3.05) is 0 Å². The van der Waals surface area contributed by atoms with E-state index >= 15 is 0 Å². The third kappa shape index (κ3) is 4.40. The standard InChI is InChI=1S/C20H20F3N5O2S/c1-4-7-28-18(16(9-24)15-8-12(2)10-26-19(15)28)17-6-5-14(11-25-17)31(29,30)27-13(3)20(21,22)23/h5-6,8,10-11,13,27H,4,7H2,1-3H3/t13-/m0/s1. The Balaban J connectivity index is 2.09. The van der Waals surface area contributed by atoms with Crippen LogP contribution in [0.25, 0.3) is 22.4 Å². The molecule has 0 saturated carbocycles. The van der Waals surface area contributed by atoms with Crippen LogP contribution < -0.4 is 4.72 Å². The molecule has 0 unspecified atom stereocenters. The van der Waals surface area contributed by atoms with E-state index in [4.69, 9.17) is 0 Å². The second-order valence-corrected chi connectivity index (χ2v) is 8.85. The van der Waals surface area contributed by atoms with Gasteiger partial charge in [-0.2, -0.15) is 23.2 Å². The number of rotatable bonds is 6. The van der Waals surface area contributed by atoms with Crippen LogP contribution in [0.15, 0.2) is 35.5 Å². The number of aromatic nitrogens is 3. The number of sulfonamides is 1. The van der Waals surface area contributed by atoms with Crippen molar-refractivity contribution in [1.29, 1.82) is 5.26 Å². The molecule has 3 rings (SSSR count). The lowest BCUT2D eigenvalue weighted by Crippen LogP contribution is -2.42. The number of nitrogens with one attached hydrogen (secondary N) is 1. The monoisotopic (exact) mass is 451 g/mol. The summed E-state index contributed by atoms with van der Waals surface area (Å²) in [6, 6.07) is 4.32. The highest BCUT2D eigenvalue weighted by Gasteiger charge is 2.39. The second-order valence-electron chi connectivity index (χ2n) is 7.13. The molecule has 7 nitrogen and oxygen atoms in total. The average Bonchev–Trinajstić information content (AvgIpc) is 3.00. The minimum Gasteiger partial charge on any atom is -0.323 e. The predicted octanol–water partition coefficient (Wildman–Crippen LogP) is 3.92. The lowest BCUT2D eigenvalue weighted by Gasteiger charge is -2.17. The van der Waals surface area contributed by atoms with Crippen molar-refractivity contribution >= 4 is 21.1 Å². The summed E-state index contributed by atoms with van der Waals surface area (Å²) in [6.45, 7) is 5.09. The Labute approximate surface area is 177 Å². The molecule has 3 aromatic rings. The topological polar surface area (TPSA) is 101 Å². The third-order valence-electron chi connectivity index (χ3n) is 4.71. The first-order chi connectivity index (χ1) is 14.5. The maximum atomic E-state index is 12.7. The van der Waals surface area contributed by atoms with Gasteiger partial charge in [-0.25, -0.2) is 13.4 Å². The van der Waals surface area contributed by atoms with Gasteiger partial charge in [0.25, 0.3) is 0 Å². The van der Waals surface area contributed by atoms with Gasteiger partial charge in [-0.1, -0.05) is 6.92 Å². The van der Waals surface area contributed by atoms with E-state index in [0.29, 0.717) is 34.5 Å². The quantitative estimate of drug-likeness (QED) is 0.612. The fourth-order valence-corrected chi connectivity index (χ4v) is 4.37. The van der Waals surface area contributed by atoms with Crippen molar-refractivity contribution in [3.05, 3.63) is 41.7 Å². The minimum atomic E-state index is -4.71. The molecule has 31 heavy (non-hydrogen) atoms. The molecule has 0 amide bonds. The number of hydrogen-bond acceptors (Lipinski definition) is 5. The van der Waals surface area contributed by atoms with Gasteiger partial charge in [0.1, 0.15) is 22.7 Å². The van der Waals surface area contributed by atoms with E-state index in [0.717, 1.165) is 25.1 Å². The number of pyridine rings is 2. The summed E-state index contributed by atoms with van der Waals surface area (Å²) < 4.78 is 66.2. The highest BCUT2D eigenvalue weighted by molar-refractivity contribution is 7.89. The van der Waals surface area contributed by atoms with Gasteiger partial charge in [-0.3, -0.25) is 4.98 Å². The number of hydrogen-bond donors (Lipinski definition) is 1. The summed E-state index contributed by atoms with van der Waals surface area (Å²) in [4.78, 5) is 8.19. The van der Waals surface area contributed by atoms with Crippen molar-refractivity contribution in [3.8, 4) is 17.5 Å². The summed E-state index contributed by atoms with van der Waals surface area (Å²) in [5, 5.41) is 10.4. The van der Waals surface area contributed by atoms with Crippen molar-refractivity contribution in [2.45, 2.75) is 50.9 Å². The van der Waals surface area contributed by atoms with Crippen LogP contribution >= 0.6 is 0 Å². The Hall–Kier alpha value is -2.97. The van der Waals surface area contributed by atoms with E-state index < -0.39 is 27.1 Å². The summed E-state index contributed by atoms with van der Waals surface area (Å²) in [5.74, 6) is 0. The SMILES string of the molecule is CCCn1c(-c2ccc(S(=O)(=O)N[C@@H](C)C(F)(F)F)cn2)c(C#N)c2cc(C)cnc21. The third-order valence-corrected chi connectivity index (χ3v) is 6.23. The second kappa shape index (κ2) is 8.28. The summed E-state index contributed by atoms with van der Waals surface area (Å²) >= 11 is 0. The van der Waals surface area contributed by atoms with E-state index in [2.05, 4.69) is 16.0 Å². The van der Waals surface area contributed by atoms with Crippen LogP contribution in [0.5, 0.6) is 0 Å². The summed E-state index contributed by atoms with van der Waals surface area (Å²) in [5.41, 5.74) is 2.65. The molecule has 3 heterocycles. The number of aryl methyl sites for hydroxylation is 2. The highest BCUT2D eigenvalue weighted by atomic mass is 32.2. The Morgan fingerprint density at radius 2 is 1.97 bits per heavy atom. The van der Waals surface area contributed by atoms with E-state index in [1.807, 2.05) is 24.5 Å². The van der Waals surface area contributed by atoms with Gasteiger partial charge in [0, 0.05) is 24.3 Å². The van der Waals surface area contributed by atoms with Crippen LogP contribution in [0, 0.1) is 18.3 Å². The van der Waals surface area contributed by atoms with E-state index in [1.165, 1.54) is 12.1 Å². The normalized spacial score (nSPS) is 13.3. The van der Waals surface area contributed by atoms with E-state index in [-0.39, 0.29) is 0 Å². The van der Waals surface area contributed by atoms with Crippen LogP contribution in [0.4, 0.5) is 13.2 Å². The molecule has 0 spiro atoms. The number of fused-ring (bicyclic) bond motifs is 1. The molecule has 0 radical (unpaired) electrons. The van der Waals surface area contributed by atoms with Crippen LogP contribution in [-0.4, -0.2) is 35.2 Å². The number of nitrogens with zero attached hydrogens (tertiary/aromatic N) is 4. The van der Waals surface area contributed by atoms with Crippen LogP contribution in [0.3, 0.4) is 0 Å². The van der Waals surface area contributed by atoms with Gasteiger partial charge in [0.2, 0.25) is 10.0 Å². The van der Waals surface area contributed by atoms with Crippen LogP contribution in [-0.2, 0) is 16.6 Å². The summed E-state index contributed by atoms with van der Waals surface area (Å²) in [6.07, 6.45) is -1.29. The minimum absolute atomic E-state index is 0.323. The van der Waals surface area contributed by atoms with Gasteiger partial charge >= 0.3 is 6.18 Å². The molecule has 1 N–H and O–H groups in total. The Bertz CT molecular complexity index is 1260. The van der Waals surface area contributed by atoms with Crippen molar-refractivity contribution in [3.63, 3.8) is 0 Å². The number of halogens is 3. The average molecular weight is 451 g/mol. The molecule has 0 aliphatic heterocycles. The van der Waals surface area contributed by atoms with E-state index in [9.17, 15) is 26.9 Å². The molecule has 0 bridgehead atoms. The van der Waals surface area contributed by atoms with Crippen LogP contribution in [0.2, 0.25) is 0 Å². The van der Waals surface area contributed by atoms with Crippen molar-refractivity contribution < 1.29 is 21.6 Å². The molecule has 0 fully saturated rings. The lowest BCUT2D eigenvalue weighted by molar-refractivity contribution is -0.147. The number of alkyl halides is 3. The first-order valence-corrected chi connectivity index (χ1v) is 10.9.